The summed E-state index contributed by atoms with van der Waals surface area (Å²) in [6.45, 7) is 0. The van der Waals surface area contributed by atoms with Gasteiger partial charge in [-0.25, -0.2) is 0 Å². The summed E-state index contributed by atoms with van der Waals surface area (Å²) in [6.07, 6.45) is 6.33. The van der Waals surface area contributed by atoms with Gasteiger partial charge in [0.25, 0.3) is 0 Å². The molecule has 4 heteroatoms. The highest BCUT2D eigenvalue weighted by Crippen LogP contribution is 2.36. The Labute approximate surface area is 82.8 Å². The van der Waals surface area contributed by atoms with E-state index < -0.39 is 11.4 Å². The molecule has 78 valence electrons. The van der Waals surface area contributed by atoms with Crippen molar-refractivity contribution in [3.05, 3.63) is 12.2 Å². The lowest BCUT2D eigenvalue weighted by Gasteiger charge is -2.31. The van der Waals surface area contributed by atoms with Crippen LogP contribution >= 0.6 is 0 Å². The third kappa shape index (κ3) is 2.34. The standard InChI is InChI=1S/C10H15NO3/c11-9(14)10(7-4-8(12)13)5-2-1-3-6-10/h1-2H,3-7H2,(H2,11,14)(H,12,13). The largest absolute Gasteiger partial charge is 0.481 e. The monoisotopic (exact) mass is 197 g/mol. The zero-order valence-corrected chi connectivity index (χ0v) is 8.03. The van der Waals surface area contributed by atoms with Crippen molar-refractivity contribution in [1.29, 1.82) is 0 Å². The van der Waals surface area contributed by atoms with Gasteiger partial charge in [0.05, 0.1) is 5.41 Å². The molecule has 0 heterocycles. The number of carboxylic acid groups (broad SMARTS) is 1. The van der Waals surface area contributed by atoms with Gasteiger partial charge in [0.2, 0.25) is 5.91 Å². The Balaban J connectivity index is 2.67. The Morgan fingerprint density at radius 1 is 1.43 bits per heavy atom. The van der Waals surface area contributed by atoms with E-state index in [0.717, 1.165) is 6.42 Å². The highest BCUT2D eigenvalue weighted by molar-refractivity contribution is 5.82. The number of carbonyl (C=O) groups excluding carboxylic acids is 1. The number of allylic oxidation sites excluding steroid dienone is 2. The van der Waals surface area contributed by atoms with Crippen LogP contribution in [-0.4, -0.2) is 17.0 Å². The van der Waals surface area contributed by atoms with Crippen LogP contribution in [0.1, 0.15) is 32.1 Å². The van der Waals surface area contributed by atoms with Crippen molar-refractivity contribution in [2.24, 2.45) is 11.1 Å². The number of rotatable bonds is 4. The molecule has 0 aromatic rings. The number of amides is 1. The van der Waals surface area contributed by atoms with E-state index in [2.05, 4.69) is 0 Å². The molecule has 1 atom stereocenters. The Hall–Kier alpha value is -1.32. The summed E-state index contributed by atoms with van der Waals surface area (Å²) in [5.41, 5.74) is 4.70. The van der Waals surface area contributed by atoms with E-state index in [1.165, 1.54) is 0 Å². The molecular weight excluding hydrogens is 182 g/mol. The molecule has 0 spiro atoms. The van der Waals surface area contributed by atoms with Crippen LogP contribution in [0.3, 0.4) is 0 Å². The summed E-state index contributed by atoms with van der Waals surface area (Å²) in [7, 11) is 0. The van der Waals surface area contributed by atoms with Crippen LogP contribution in [0.5, 0.6) is 0 Å². The quantitative estimate of drug-likeness (QED) is 0.661. The van der Waals surface area contributed by atoms with Crippen LogP contribution in [0, 0.1) is 5.41 Å². The predicted molar refractivity (Wildman–Crippen MR) is 51.5 cm³/mol. The minimum Gasteiger partial charge on any atom is -0.481 e. The lowest BCUT2D eigenvalue weighted by atomic mass is 9.73. The molecule has 3 N–H and O–H groups in total. The van der Waals surface area contributed by atoms with Gasteiger partial charge in [-0.1, -0.05) is 12.2 Å². The molecule has 1 amide bonds. The molecule has 0 radical (unpaired) electrons. The lowest BCUT2D eigenvalue weighted by Crippen LogP contribution is -2.38. The van der Waals surface area contributed by atoms with E-state index in [9.17, 15) is 9.59 Å². The molecule has 0 aromatic carbocycles. The van der Waals surface area contributed by atoms with E-state index in [1.807, 2.05) is 12.2 Å². The first-order chi connectivity index (χ1) is 6.57. The zero-order chi connectivity index (χ0) is 10.6. The molecule has 0 saturated carbocycles. The van der Waals surface area contributed by atoms with Gasteiger partial charge >= 0.3 is 5.97 Å². The van der Waals surface area contributed by atoms with Crippen LogP contribution in [-0.2, 0) is 9.59 Å². The normalized spacial score (nSPS) is 26.0. The number of aliphatic carboxylic acids is 1. The molecule has 1 aliphatic carbocycles. The molecule has 4 nitrogen and oxygen atoms in total. The fourth-order valence-corrected chi connectivity index (χ4v) is 1.81. The van der Waals surface area contributed by atoms with Crippen LogP contribution in [0.2, 0.25) is 0 Å². The second kappa shape index (κ2) is 4.26. The summed E-state index contributed by atoms with van der Waals surface area (Å²) in [5, 5.41) is 8.57. The maximum atomic E-state index is 11.3. The van der Waals surface area contributed by atoms with E-state index in [-0.39, 0.29) is 12.3 Å². The van der Waals surface area contributed by atoms with Gasteiger partial charge in [0.15, 0.2) is 0 Å². The zero-order valence-electron chi connectivity index (χ0n) is 8.03. The molecule has 1 rings (SSSR count). The van der Waals surface area contributed by atoms with Crippen molar-refractivity contribution in [3.63, 3.8) is 0 Å². The maximum Gasteiger partial charge on any atom is 0.303 e. The Morgan fingerprint density at radius 3 is 2.57 bits per heavy atom. The van der Waals surface area contributed by atoms with Crippen molar-refractivity contribution < 1.29 is 14.7 Å². The first kappa shape index (κ1) is 10.8. The average molecular weight is 197 g/mol. The lowest BCUT2D eigenvalue weighted by molar-refractivity contribution is -0.138. The van der Waals surface area contributed by atoms with Crippen LogP contribution in [0.15, 0.2) is 12.2 Å². The van der Waals surface area contributed by atoms with Gasteiger partial charge in [0.1, 0.15) is 0 Å². The second-order valence-corrected chi connectivity index (χ2v) is 3.75. The highest BCUT2D eigenvalue weighted by atomic mass is 16.4. The van der Waals surface area contributed by atoms with E-state index in [0.29, 0.717) is 19.3 Å². The number of nitrogens with two attached hydrogens (primary N) is 1. The SMILES string of the molecule is NC(=O)C1(CCC(=O)O)CC=CCC1. The van der Waals surface area contributed by atoms with Crippen LogP contribution < -0.4 is 5.73 Å². The summed E-state index contributed by atoms with van der Waals surface area (Å²) in [6, 6.07) is 0. The fraction of sp³-hybridized carbons (Fsp3) is 0.600. The molecule has 0 aliphatic heterocycles. The van der Waals surface area contributed by atoms with Crippen LogP contribution in [0.4, 0.5) is 0 Å². The van der Waals surface area contributed by atoms with Gasteiger partial charge in [-0.05, 0) is 25.7 Å². The fourth-order valence-electron chi connectivity index (χ4n) is 1.81. The summed E-state index contributed by atoms with van der Waals surface area (Å²) >= 11 is 0. The Bertz CT molecular complexity index is 273. The van der Waals surface area contributed by atoms with Crippen molar-refractivity contribution in [2.75, 3.05) is 0 Å². The maximum absolute atomic E-state index is 11.3. The van der Waals surface area contributed by atoms with Crippen molar-refractivity contribution in [1.82, 2.24) is 0 Å². The van der Waals surface area contributed by atoms with E-state index in [1.54, 1.807) is 0 Å². The molecule has 0 saturated heterocycles. The molecule has 1 unspecified atom stereocenters. The summed E-state index contributed by atoms with van der Waals surface area (Å²) in [4.78, 5) is 21.7. The molecular formula is C10H15NO3. The Kier molecular flexibility index (Phi) is 3.28. The summed E-state index contributed by atoms with van der Waals surface area (Å²) in [5.74, 6) is -1.25. The van der Waals surface area contributed by atoms with Gasteiger partial charge in [-0.2, -0.15) is 0 Å². The second-order valence-electron chi connectivity index (χ2n) is 3.75. The van der Waals surface area contributed by atoms with Crippen molar-refractivity contribution >= 4 is 11.9 Å². The molecule has 0 fully saturated rings. The molecule has 0 aromatic heterocycles. The molecule has 14 heavy (non-hydrogen) atoms. The minimum absolute atomic E-state index is 0.0107. The van der Waals surface area contributed by atoms with E-state index in [4.69, 9.17) is 10.8 Å². The third-order valence-electron chi connectivity index (χ3n) is 2.80. The number of hydrogen-bond donors (Lipinski definition) is 2. The van der Waals surface area contributed by atoms with Gasteiger partial charge in [0, 0.05) is 6.42 Å². The number of carbonyl (C=O) groups is 2. The topological polar surface area (TPSA) is 80.4 Å². The number of carboxylic acids is 1. The predicted octanol–water partition coefficient (Wildman–Crippen LogP) is 1.06. The molecule has 0 bridgehead atoms. The van der Waals surface area contributed by atoms with Gasteiger partial charge in [-0.15, -0.1) is 0 Å². The van der Waals surface area contributed by atoms with E-state index >= 15 is 0 Å². The third-order valence-corrected chi connectivity index (χ3v) is 2.80. The number of hydrogen-bond acceptors (Lipinski definition) is 2. The van der Waals surface area contributed by atoms with Crippen molar-refractivity contribution in [2.45, 2.75) is 32.1 Å². The average Bonchev–Trinajstić information content (AvgIpc) is 2.16. The highest BCUT2D eigenvalue weighted by Gasteiger charge is 2.36. The Morgan fingerprint density at radius 2 is 2.14 bits per heavy atom. The van der Waals surface area contributed by atoms with Gasteiger partial charge < -0.3 is 10.8 Å². The van der Waals surface area contributed by atoms with Crippen LogP contribution in [0.25, 0.3) is 0 Å². The minimum atomic E-state index is -0.875. The van der Waals surface area contributed by atoms with Gasteiger partial charge in [-0.3, -0.25) is 9.59 Å². The number of primary amides is 1. The summed E-state index contributed by atoms with van der Waals surface area (Å²) < 4.78 is 0. The first-order valence-electron chi connectivity index (χ1n) is 4.73. The molecule has 1 aliphatic rings. The first-order valence-corrected chi connectivity index (χ1v) is 4.73. The van der Waals surface area contributed by atoms with Crippen molar-refractivity contribution in [3.8, 4) is 0 Å². The smallest absolute Gasteiger partial charge is 0.303 e.